The van der Waals surface area contributed by atoms with Crippen LogP contribution in [0.5, 0.6) is 0 Å². The minimum atomic E-state index is -0.955. The molecule has 140 valence electrons. The van der Waals surface area contributed by atoms with Crippen molar-refractivity contribution >= 4 is 17.6 Å². The molecule has 0 saturated heterocycles. The van der Waals surface area contributed by atoms with Crippen molar-refractivity contribution in [3.8, 4) is 0 Å². The summed E-state index contributed by atoms with van der Waals surface area (Å²) in [5.74, 6) is -0.763. The number of nitrogens with one attached hydrogen (secondary N) is 1. The Kier molecular flexibility index (Phi) is 4.64. The number of aromatic nitrogens is 2. The molecule has 2 N–H and O–H groups in total. The first-order valence-corrected chi connectivity index (χ1v) is 8.88. The number of hydrogen-bond donors (Lipinski definition) is 2. The molecule has 2 aromatic heterocycles. The number of amides is 1. The Bertz CT molecular complexity index is 864. The molecule has 2 aromatic rings. The highest BCUT2D eigenvalue weighted by atomic mass is 16.6. The van der Waals surface area contributed by atoms with Gasteiger partial charge >= 0.3 is 12.1 Å². The fourth-order valence-electron chi connectivity index (χ4n) is 3.67. The van der Waals surface area contributed by atoms with Gasteiger partial charge in [-0.05, 0) is 70.1 Å². The Balaban J connectivity index is 1.80. The van der Waals surface area contributed by atoms with Crippen LogP contribution in [0, 0.1) is 6.92 Å². The normalized spacial score (nSPS) is 16.5. The summed E-state index contributed by atoms with van der Waals surface area (Å²) in [6.07, 6.45) is 3.98. The number of alkyl carbamates (subject to hydrolysis) is 1. The van der Waals surface area contributed by atoms with E-state index < -0.39 is 17.7 Å². The standard InChI is InChI=1S/C19H25N3O4/c1-11-14(17(23)24)16-15-12(5-6-13(15)8-10-22(16)21-11)7-9-20-18(25)26-19(2,3)4/h8,10,12H,5-7,9H2,1-4H3,(H,20,25)(H,23,24). The highest BCUT2D eigenvalue weighted by molar-refractivity contribution is 5.98. The summed E-state index contributed by atoms with van der Waals surface area (Å²) in [7, 11) is 0. The summed E-state index contributed by atoms with van der Waals surface area (Å²) in [5.41, 5.74) is 3.17. The molecule has 7 nitrogen and oxygen atoms in total. The first-order chi connectivity index (χ1) is 12.2. The molecule has 0 aliphatic heterocycles. The van der Waals surface area contributed by atoms with Gasteiger partial charge in [-0.2, -0.15) is 5.10 Å². The molecule has 0 spiro atoms. The fraction of sp³-hybridized carbons (Fsp3) is 0.526. The Morgan fingerprint density at radius 2 is 2.15 bits per heavy atom. The summed E-state index contributed by atoms with van der Waals surface area (Å²) in [6.45, 7) is 7.68. The fourth-order valence-corrected chi connectivity index (χ4v) is 3.67. The zero-order valence-corrected chi connectivity index (χ0v) is 15.6. The lowest BCUT2D eigenvalue weighted by molar-refractivity contribution is 0.0525. The lowest BCUT2D eigenvalue weighted by atomic mass is 9.95. The third-order valence-electron chi connectivity index (χ3n) is 4.65. The van der Waals surface area contributed by atoms with E-state index in [2.05, 4.69) is 10.4 Å². The predicted molar refractivity (Wildman–Crippen MR) is 96.8 cm³/mol. The van der Waals surface area contributed by atoms with Gasteiger partial charge in [-0.3, -0.25) is 0 Å². The summed E-state index contributed by atoms with van der Waals surface area (Å²) >= 11 is 0. The molecule has 0 aromatic carbocycles. The van der Waals surface area contributed by atoms with Crippen molar-refractivity contribution in [3.05, 3.63) is 34.6 Å². The van der Waals surface area contributed by atoms with Crippen LogP contribution in [0.3, 0.4) is 0 Å². The number of fused-ring (bicyclic) bond motifs is 3. The molecule has 3 rings (SSSR count). The van der Waals surface area contributed by atoms with Gasteiger partial charge in [0.15, 0.2) is 0 Å². The van der Waals surface area contributed by atoms with E-state index >= 15 is 0 Å². The number of nitrogens with zero attached hydrogens (tertiary/aromatic N) is 2. The zero-order valence-electron chi connectivity index (χ0n) is 15.6. The second-order valence-electron chi connectivity index (χ2n) is 7.77. The first kappa shape index (κ1) is 18.2. The topological polar surface area (TPSA) is 92.9 Å². The molecule has 26 heavy (non-hydrogen) atoms. The Hall–Kier alpha value is -2.57. The van der Waals surface area contributed by atoms with Crippen LogP contribution >= 0.6 is 0 Å². The number of rotatable bonds is 4. The molecule has 1 aliphatic rings. The van der Waals surface area contributed by atoms with E-state index in [4.69, 9.17) is 4.74 Å². The molecular weight excluding hydrogens is 334 g/mol. The highest BCUT2D eigenvalue weighted by Crippen LogP contribution is 2.39. The van der Waals surface area contributed by atoms with Gasteiger partial charge in [0.05, 0.1) is 11.2 Å². The predicted octanol–water partition coefficient (Wildman–Crippen LogP) is 3.29. The van der Waals surface area contributed by atoms with E-state index in [1.807, 2.05) is 33.0 Å². The number of carbonyl (C=O) groups excluding carboxylic acids is 1. The van der Waals surface area contributed by atoms with Gasteiger partial charge in [-0.1, -0.05) is 0 Å². The second-order valence-corrected chi connectivity index (χ2v) is 7.77. The summed E-state index contributed by atoms with van der Waals surface area (Å²) in [5, 5.41) is 16.7. The van der Waals surface area contributed by atoms with Gasteiger partial charge in [0.2, 0.25) is 0 Å². The van der Waals surface area contributed by atoms with Gasteiger partial charge in [0, 0.05) is 12.7 Å². The van der Waals surface area contributed by atoms with Gasteiger partial charge < -0.3 is 15.2 Å². The average molecular weight is 359 g/mol. The van der Waals surface area contributed by atoms with E-state index in [-0.39, 0.29) is 11.5 Å². The SMILES string of the molecule is Cc1nn2ccc3c(c2c1C(=O)O)C(CCNC(=O)OC(C)(C)C)CC3. The minimum Gasteiger partial charge on any atom is -0.478 e. The molecule has 2 heterocycles. The average Bonchev–Trinajstić information content (AvgIpc) is 3.05. The van der Waals surface area contributed by atoms with Gasteiger partial charge in [-0.15, -0.1) is 0 Å². The maximum atomic E-state index is 11.8. The van der Waals surface area contributed by atoms with E-state index in [0.29, 0.717) is 17.8 Å². The molecule has 1 unspecified atom stereocenters. The number of aryl methyl sites for hydroxylation is 2. The number of carbonyl (C=O) groups is 2. The third-order valence-corrected chi connectivity index (χ3v) is 4.65. The van der Waals surface area contributed by atoms with Crippen LogP contribution in [0.1, 0.15) is 66.7 Å². The van der Waals surface area contributed by atoms with Crippen molar-refractivity contribution in [1.82, 2.24) is 14.9 Å². The number of carboxylic acids is 1. The summed E-state index contributed by atoms with van der Waals surface area (Å²) < 4.78 is 6.92. The summed E-state index contributed by atoms with van der Waals surface area (Å²) in [6, 6.07) is 2.02. The van der Waals surface area contributed by atoms with E-state index in [9.17, 15) is 14.7 Å². The number of hydrogen-bond acceptors (Lipinski definition) is 4. The van der Waals surface area contributed by atoms with Crippen LogP contribution in [0.2, 0.25) is 0 Å². The van der Waals surface area contributed by atoms with Crippen molar-refractivity contribution < 1.29 is 19.4 Å². The number of carboxylic acid groups (broad SMARTS) is 1. The quantitative estimate of drug-likeness (QED) is 0.874. The maximum absolute atomic E-state index is 11.8. The van der Waals surface area contributed by atoms with Gasteiger partial charge in [0.25, 0.3) is 0 Å². The van der Waals surface area contributed by atoms with E-state index in [1.54, 1.807) is 11.4 Å². The van der Waals surface area contributed by atoms with Crippen molar-refractivity contribution in [3.63, 3.8) is 0 Å². The molecule has 0 bridgehead atoms. The minimum absolute atomic E-state index is 0.192. The molecular formula is C19H25N3O4. The van der Waals surface area contributed by atoms with Crippen LogP contribution in [-0.4, -0.2) is 38.9 Å². The van der Waals surface area contributed by atoms with Crippen molar-refractivity contribution in [2.24, 2.45) is 0 Å². The Morgan fingerprint density at radius 3 is 2.81 bits per heavy atom. The lowest BCUT2D eigenvalue weighted by Gasteiger charge is -2.20. The van der Waals surface area contributed by atoms with Crippen molar-refractivity contribution in [2.75, 3.05) is 6.54 Å². The number of pyridine rings is 1. The van der Waals surface area contributed by atoms with Crippen LogP contribution in [0.25, 0.3) is 5.52 Å². The Labute approximate surface area is 152 Å². The zero-order chi connectivity index (χ0) is 19.1. The first-order valence-electron chi connectivity index (χ1n) is 8.88. The molecule has 0 fully saturated rings. The second kappa shape index (κ2) is 6.63. The molecule has 1 atom stereocenters. The number of ether oxygens (including phenoxy) is 1. The maximum Gasteiger partial charge on any atom is 0.407 e. The molecule has 7 heteroatoms. The number of aromatic carboxylic acids is 1. The van der Waals surface area contributed by atoms with Crippen LogP contribution < -0.4 is 5.32 Å². The smallest absolute Gasteiger partial charge is 0.407 e. The molecule has 0 radical (unpaired) electrons. The van der Waals surface area contributed by atoms with Crippen LogP contribution in [0.15, 0.2) is 12.3 Å². The van der Waals surface area contributed by atoms with Crippen molar-refractivity contribution in [2.45, 2.75) is 58.5 Å². The monoisotopic (exact) mass is 359 g/mol. The molecule has 1 aliphatic carbocycles. The van der Waals surface area contributed by atoms with Crippen LogP contribution in [-0.2, 0) is 11.2 Å². The van der Waals surface area contributed by atoms with E-state index in [0.717, 1.165) is 24.8 Å². The van der Waals surface area contributed by atoms with Gasteiger partial charge in [0.1, 0.15) is 11.2 Å². The highest BCUT2D eigenvalue weighted by Gasteiger charge is 2.29. The third kappa shape index (κ3) is 3.52. The van der Waals surface area contributed by atoms with Gasteiger partial charge in [-0.25, -0.2) is 14.1 Å². The van der Waals surface area contributed by atoms with Crippen LogP contribution in [0.4, 0.5) is 4.79 Å². The molecule has 0 saturated carbocycles. The lowest BCUT2D eigenvalue weighted by Crippen LogP contribution is -2.33. The molecule has 1 amide bonds. The van der Waals surface area contributed by atoms with Crippen molar-refractivity contribution in [1.29, 1.82) is 0 Å². The van der Waals surface area contributed by atoms with E-state index in [1.165, 1.54) is 5.56 Å². The Morgan fingerprint density at radius 1 is 1.42 bits per heavy atom. The summed E-state index contributed by atoms with van der Waals surface area (Å²) in [4.78, 5) is 23.5. The largest absolute Gasteiger partial charge is 0.478 e.